The molecular formula is C29H27ClN2O4. The zero-order valence-corrected chi connectivity index (χ0v) is 21.6. The highest BCUT2D eigenvalue weighted by atomic mass is 35.5. The molecule has 6 nitrogen and oxygen atoms in total. The fourth-order valence-corrected chi connectivity index (χ4v) is 4.48. The van der Waals surface area contributed by atoms with E-state index >= 15 is 0 Å². The molecule has 0 bridgehead atoms. The molecule has 0 saturated heterocycles. The quantitative estimate of drug-likeness (QED) is 0.280. The molecule has 0 unspecified atom stereocenters. The molecule has 184 valence electrons. The first-order chi connectivity index (χ1) is 17.4. The summed E-state index contributed by atoms with van der Waals surface area (Å²) in [5.41, 5.74) is 5.95. The summed E-state index contributed by atoms with van der Waals surface area (Å²) < 4.78 is 16.2. The summed E-state index contributed by atoms with van der Waals surface area (Å²) in [7, 11) is 4.63. The van der Waals surface area contributed by atoms with Crippen LogP contribution in [0.2, 0.25) is 5.02 Å². The number of carbonyl (C=O) groups is 1. The molecule has 4 aromatic rings. The lowest BCUT2D eigenvalue weighted by Crippen LogP contribution is -2.10. The number of aryl methyl sites for hydroxylation is 2. The van der Waals surface area contributed by atoms with E-state index in [2.05, 4.69) is 22.4 Å². The number of benzene rings is 3. The highest BCUT2D eigenvalue weighted by molar-refractivity contribution is 6.34. The van der Waals surface area contributed by atoms with Gasteiger partial charge in [-0.05, 0) is 55.3 Å². The monoisotopic (exact) mass is 502 g/mol. The minimum Gasteiger partial charge on any atom is -0.493 e. The van der Waals surface area contributed by atoms with Crippen molar-refractivity contribution in [3.8, 4) is 28.4 Å². The van der Waals surface area contributed by atoms with Crippen molar-refractivity contribution in [2.75, 3.05) is 26.6 Å². The molecule has 0 saturated carbocycles. The van der Waals surface area contributed by atoms with E-state index in [1.54, 1.807) is 45.7 Å². The third-order valence-electron chi connectivity index (χ3n) is 5.82. The van der Waals surface area contributed by atoms with Crippen molar-refractivity contribution in [1.82, 2.24) is 4.98 Å². The molecule has 0 fully saturated rings. The van der Waals surface area contributed by atoms with Gasteiger partial charge in [0.1, 0.15) is 0 Å². The number of fused-ring (bicyclic) bond motifs is 1. The molecule has 0 radical (unpaired) electrons. The van der Waals surface area contributed by atoms with Gasteiger partial charge in [0.25, 0.3) is 0 Å². The first-order valence-electron chi connectivity index (χ1n) is 11.3. The molecule has 7 heteroatoms. The van der Waals surface area contributed by atoms with Crippen molar-refractivity contribution in [2.45, 2.75) is 13.8 Å². The molecule has 0 atom stereocenters. The Balaban J connectivity index is 1.74. The Morgan fingerprint density at radius 2 is 1.67 bits per heavy atom. The number of ether oxygens (including phenoxy) is 3. The molecular weight excluding hydrogens is 476 g/mol. The number of halogens is 1. The number of pyridine rings is 1. The molecule has 0 aliphatic heterocycles. The summed E-state index contributed by atoms with van der Waals surface area (Å²) in [6.07, 6.45) is 4.80. The van der Waals surface area contributed by atoms with Gasteiger partial charge in [0.2, 0.25) is 11.7 Å². The van der Waals surface area contributed by atoms with Crippen LogP contribution in [0.4, 0.5) is 5.69 Å². The van der Waals surface area contributed by atoms with Gasteiger partial charge < -0.3 is 19.5 Å². The molecule has 1 N–H and O–H groups in total. The number of carbonyl (C=O) groups excluding carboxylic acids is 1. The smallest absolute Gasteiger partial charge is 0.248 e. The van der Waals surface area contributed by atoms with Crippen molar-refractivity contribution in [3.05, 3.63) is 82.5 Å². The van der Waals surface area contributed by atoms with Crippen molar-refractivity contribution in [1.29, 1.82) is 0 Å². The Morgan fingerprint density at radius 1 is 0.972 bits per heavy atom. The fraction of sp³-hybridized carbons (Fsp3) is 0.172. The Kier molecular flexibility index (Phi) is 7.46. The van der Waals surface area contributed by atoms with E-state index < -0.39 is 0 Å². The van der Waals surface area contributed by atoms with Crippen LogP contribution in [0.3, 0.4) is 0 Å². The van der Waals surface area contributed by atoms with Crippen LogP contribution in [0.1, 0.15) is 16.7 Å². The molecule has 1 aromatic heterocycles. The summed E-state index contributed by atoms with van der Waals surface area (Å²) in [5, 5.41) is 4.50. The summed E-state index contributed by atoms with van der Waals surface area (Å²) in [5.74, 6) is 1.17. The molecule has 0 spiro atoms. The van der Waals surface area contributed by atoms with E-state index in [-0.39, 0.29) is 5.91 Å². The van der Waals surface area contributed by atoms with Crippen molar-refractivity contribution in [2.24, 2.45) is 0 Å². The van der Waals surface area contributed by atoms with E-state index in [9.17, 15) is 4.79 Å². The van der Waals surface area contributed by atoms with Gasteiger partial charge in [0.05, 0.1) is 38.7 Å². The Labute approximate surface area is 215 Å². The van der Waals surface area contributed by atoms with Gasteiger partial charge in [-0.15, -0.1) is 0 Å². The average molecular weight is 503 g/mol. The summed E-state index contributed by atoms with van der Waals surface area (Å²) in [6, 6.07) is 15.3. The van der Waals surface area contributed by atoms with Crippen molar-refractivity contribution < 1.29 is 19.0 Å². The normalized spacial score (nSPS) is 11.1. The van der Waals surface area contributed by atoms with E-state index in [1.807, 2.05) is 38.1 Å². The van der Waals surface area contributed by atoms with Gasteiger partial charge in [-0.3, -0.25) is 9.78 Å². The Bertz CT molecular complexity index is 1460. The molecule has 0 aliphatic rings. The summed E-state index contributed by atoms with van der Waals surface area (Å²) >= 11 is 6.59. The minimum absolute atomic E-state index is 0.317. The number of nitrogens with one attached hydrogen (secondary N) is 1. The van der Waals surface area contributed by atoms with Crippen molar-refractivity contribution >= 4 is 40.2 Å². The van der Waals surface area contributed by atoms with Crippen molar-refractivity contribution in [3.63, 3.8) is 0 Å². The predicted octanol–water partition coefficient (Wildman–Crippen LogP) is 6.85. The lowest BCUT2D eigenvalue weighted by atomic mass is 9.96. The van der Waals surface area contributed by atoms with Crippen LogP contribution in [0.5, 0.6) is 17.2 Å². The SMILES string of the molecule is COc1cc(C=CC(=O)Nc2cnc3c(C)cc(C)cc3c2-c2ccccc2Cl)cc(OC)c1OC. The van der Waals surface area contributed by atoms with Gasteiger partial charge in [0, 0.05) is 27.6 Å². The highest BCUT2D eigenvalue weighted by Crippen LogP contribution is 2.40. The number of hydrogen-bond donors (Lipinski definition) is 1. The van der Waals surface area contributed by atoms with Crippen LogP contribution in [-0.4, -0.2) is 32.2 Å². The van der Waals surface area contributed by atoms with Crippen LogP contribution in [0.25, 0.3) is 28.1 Å². The summed E-state index contributed by atoms with van der Waals surface area (Å²) in [4.78, 5) is 17.7. The standard InChI is InChI=1S/C29H27ClN2O4/c1-17-12-18(2)28-21(13-17)27(20-8-6-7-9-22(20)30)23(16-31-28)32-26(33)11-10-19-14-24(34-3)29(36-5)25(15-19)35-4/h6-16H,1-5H3,(H,32,33). The first-order valence-corrected chi connectivity index (χ1v) is 11.7. The molecule has 0 aliphatic carbocycles. The van der Waals surface area contributed by atoms with Crippen LogP contribution in [-0.2, 0) is 4.79 Å². The zero-order chi connectivity index (χ0) is 25.8. The number of nitrogens with zero attached hydrogens (tertiary/aromatic N) is 1. The van der Waals surface area contributed by atoms with Crippen LogP contribution in [0, 0.1) is 13.8 Å². The van der Waals surface area contributed by atoms with Gasteiger partial charge in [-0.1, -0.05) is 41.4 Å². The summed E-state index contributed by atoms with van der Waals surface area (Å²) in [6.45, 7) is 4.06. The second-order valence-corrected chi connectivity index (χ2v) is 8.69. The number of aromatic nitrogens is 1. The second kappa shape index (κ2) is 10.7. The fourth-order valence-electron chi connectivity index (χ4n) is 4.25. The first kappa shape index (κ1) is 25.1. The second-order valence-electron chi connectivity index (χ2n) is 8.29. The maximum atomic E-state index is 13.0. The zero-order valence-electron chi connectivity index (χ0n) is 20.8. The molecule has 4 rings (SSSR count). The van der Waals surface area contributed by atoms with Gasteiger partial charge in [0.15, 0.2) is 11.5 Å². The predicted molar refractivity (Wildman–Crippen MR) is 145 cm³/mol. The van der Waals surface area contributed by atoms with E-state index in [1.165, 1.54) is 6.08 Å². The van der Waals surface area contributed by atoms with Gasteiger partial charge in [-0.25, -0.2) is 0 Å². The topological polar surface area (TPSA) is 69.7 Å². The lowest BCUT2D eigenvalue weighted by Gasteiger charge is -2.16. The van der Waals surface area contributed by atoms with Crippen LogP contribution < -0.4 is 19.5 Å². The van der Waals surface area contributed by atoms with E-state index in [0.29, 0.717) is 33.5 Å². The molecule has 1 amide bonds. The Morgan fingerprint density at radius 3 is 2.31 bits per heavy atom. The van der Waals surface area contributed by atoms with Crippen LogP contribution >= 0.6 is 11.6 Å². The minimum atomic E-state index is -0.317. The third kappa shape index (κ3) is 4.99. The number of methoxy groups -OCH3 is 3. The number of anilines is 1. The molecule has 3 aromatic carbocycles. The largest absolute Gasteiger partial charge is 0.493 e. The number of amides is 1. The maximum absolute atomic E-state index is 13.0. The van der Waals surface area contributed by atoms with Crippen LogP contribution in [0.15, 0.2) is 60.8 Å². The third-order valence-corrected chi connectivity index (χ3v) is 6.15. The maximum Gasteiger partial charge on any atom is 0.248 e. The Hall–Kier alpha value is -4.03. The van der Waals surface area contributed by atoms with Gasteiger partial charge >= 0.3 is 0 Å². The molecule has 1 heterocycles. The van der Waals surface area contributed by atoms with E-state index in [4.69, 9.17) is 25.8 Å². The number of rotatable bonds is 7. The number of hydrogen-bond acceptors (Lipinski definition) is 5. The lowest BCUT2D eigenvalue weighted by molar-refractivity contribution is -0.111. The highest BCUT2D eigenvalue weighted by Gasteiger charge is 2.17. The van der Waals surface area contributed by atoms with E-state index in [0.717, 1.165) is 33.2 Å². The average Bonchev–Trinajstić information content (AvgIpc) is 2.87. The van der Waals surface area contributed by atoms with Gasteiger partial charge in [-0.2, -0.15) is 0 Å². The molecule has 36 heavy (non-hydrogen) atoms.